The molecule has 0 aromatic carbocycles. The predicted octanol–water partition coefficient (Wildman–Crippen LogP) is 3.02. The number of aliphatic hydroxyl groups is 1. The van der Waals surface area contributed by atoms with Gasteiger partial charge in [0, 0.05) is 19.6 Å². The molecule has 1 rings (SSSR count). The van der Waals surface area contributed by atoms with Gasteiger partial charge in [-0.2, -0.15) is 0 Å². The summed E-state index contributed by atoms with van der Waals surface area (Å²) in [5.74, 6) is 1.05. The van der Waals surface area contributed by atoms with Crippen molar-refractivity contribution in [1.82, 2.24) is 10.2 Å². The summed E-state index contributed by atoms with van der Waals surface area (Å²) < 4.78 is 5.41. The van der Waals surface area contributed by atoms with Gasteiger partial charge in [0.05, 0.1) is 5.60 Å². The van der Waals surface area contributed by atoms with Crippen LogP contribution in [0, 0.1) is 11.8 Å². The number of carbonyl (C=O) groups excluding carboxylic acids is 1. The fourth-order valence-electron chi connectivity index (χ4n) is 3.14. The summed E-state index contributed by atoms with van der Waals surface area (Å²) in [5.41, 5.74) is -1.08. The van der Waals surface area contributed by atoms with E-state index in [1.807, 2.05) is 27.7 Å². The van der Waals surface area contributed by atoms with E-state index in [0.29, 0.717) is 18.4 Å². The van der Waals surface area contributed by atoms with Gasteiger partial charge in [0.15, 0.2) is 0 Å². The zero-order valence-corrected chi connectivity index (χ0v) is 15.8. The van der Waals surface area contributed by atoms with E-state index in [9.17, 15) is 9.90 Å². The maximum Gasteiger partial charge on any atom is 0.410 e. The summed E-state index contributed by atoms with van der Waals surface area (Å²) in [6.45, 7) is 14.9. The van der Waals surface area contributed by atoms with Crippen LogP contribution in [-0.4, -0.2) is 53.5 Å². The lowest BCUT2D eigenvalue weighted by Crippen LogP contribution is -2.45. The van der Waals surface area contributed by atoms with Crippen LogP contribution in [0.1, 0.15) is 60.8 Å². The fourth-order valence-corrected chi connectivity index (χ4v) is 3.14. The first-order chi connectivity index (χ1) is 10.5. The number of ether oxygens (including phenoxy) is 1. The molecule has 1 fully saturated rings. The van der Waals surface area contributed by atoms with Gasteiger partial charge in [0.2, 0.25) is 0 Å². The van der Waals surface area contributed by atoms with Crippen molar-refractivity contribution in [2.24, 2.45) is 11.8 Å². The number of hydrogen-bond donors (Lipinski definition) is 2. The van der Waals surface area contributed by atoms with Crippen LogP contribution in [0.3, 0.4) is 0 Å². The van der Waals surface area contributed by atoms with Crippen LogP contribution in [0.4, 0.5) is 4.79 Å². The molecular formula is C18H36N2O3. The van der Waals surface area contributed by atoms with Crippen molar-refractivity contribution < 1.29 is 14.6 Å². The van der Waals surface area contributed by atoms with E-state index in [2.05, 4.69) is 19.2 Å². The number of amides is 1. The smallest absolute Gasteiger partial charge is 0.410 e. The number of nitrogens with zero attached hydrogens (tertiary/aromatic N) is 1. The predicted molar refractivity (Wildman–Crippen MR) is 93.5 cm³/mol. The SMILES string of the molecule is CC(C)CC(C)(O)CNCC1CCN(C(=O)OC(C)(C)C)CC1. The maximum absolute atomic E-state index is 12.0. The summed E-state index contributed by atoms with van der Waals surface area (Å²) in [6.07, 6.45) is 2.57. The molecule has 1 amide bonds. The Morgan fingerprint density at radius 1 is 1.26 bits per heavy atom. The summed E-state index contributed by atoms with van der Waals surface area (Å²) >= 11 is 0. The molecule has 0 aromatic rings. The van der Waals surface area contributed by atoms with E-state index in [1.165, 1.54) is 0 Å². The third-order valence-corrected chi connectivity index (χ3v) is 4.05. The van der Waals surface area contributed by atoms with Crippen LogP contribution in [0.5, 0.6) is 0 Å². The maximum atomic E-state index is 12.0. The molecule has 1 saturated heterocycles. The van der Waals surface area contributed by atoms with E-state index in [-0.39, 0.29) is 6.09 Å². The second-order valence-electron chi connectivity index (χ2n) is 8.64. The second-order valence-corrected chi connectivity index (χ2v) is 8.64. The first kappa shape index (κ1) is 20.2. The lowest BCUT2D eigenvalue weighted by atomic mass is 9.93. The van der Waals surface area contributed by atoms with Gasteiger partial charge in [-0.25, -0.2) is 4.79 Å². The molecule has 1 unspecified atom stereocenters. The summed E-state index contributed by atoms with van der Waals surface area (Å²) in [6, 6.07) is 0. The molecule has 1 atom stereocenters. The average Bonchev–Trinajstić information content (AvgIpc) is 2.35. The molecule has 0 spiro atoms. The highest BCUT2D eigenvalue weighted by Gasteiger charge is 2.27. The van der Waals surface area contributed by atoms with Crippen LogP contribution < -0.4 is 5.32 Å². The first-order valence-electron chi connectivity index (χ1n) is 8.89. The number of nitrogens with one attached hydrogen (secondary N) is 1. The molecule has 0 saturated carbocycles. The zero-order chi connectivity index (χ0) is 17.7. The van der Waals surface area contributed by atoms with Gasteiger partial charge >= 0.3 is 6.09 Å². The molecule has 136 valence electrons. The minimum absolute atomic E-state index is 0.205. The Balaban J connectivity index is 2.25. The van der Waals surface area contributed by atoms with Gasteiger partial charge in [-0.1, -0.05) is 13.8 Å². The van der Waals surface area contributed by atoms with Crippen molar-refractivity contribution in [2.45, 2.75) is 72.0 Å². The zero-order valence-electron chi connectivity index (χ0n) is 15.8. The third-order valence-electron chi connectivity index (χ3n) is 4.05. The average molecular weight is 328 g/mol. The van der Waals surface area contributed by atoms with E-state index >= 15 is 0 Å². The molecule has 1 heterocycles. The van der Waals surface area contributed by atoms with Gasteiger partial charge < -0.3 is 20.1 Å². The highest BCUT2D eigenvalue weighted by atomic mass is 16.6. The molecule has 0 aromatic heterocycles. The summed E-state index contributed by atoms with van der Waals surface area (Å²) in [5, 5.41) is 13.7. The highest BCUT2D eigenvalue weighted by Crippen LogP contribution is 2.20. The highest BCUT2D eigenvalue weighted by molar-refractivity contribution is 5.68. The lowest BCUT2D eigenvalue weighted by molar-refractivity contribution is 0.0176. The monoisotopic (exact) mass is 328 g/mol. The molecule has 5 nitrogen and oxygen atoms in total. The van der Waals surface area contributed by atoms with Gasteiger partial charge in [-0.05, 0) is 65.3 Å². The Kier molecular flexibility index (Phi) is 7.33. The molecule has 5 heteroatoms. The molecule has 1 aliphatic heterocycles. The largest absolute Gasteiger partial charge is 0.444 e. The van der Waals surface area contributed by atoms with E-state index in [1.54, 1.807) is 4.90 Å². The molecule has 0 aliphatic carbocycles. The Morgan fingerprint density at radius 2 is 1.83 bits per heavy atom. The molecule has 2 N–H and O–H groups in total. The van der Waals surface area contributed by atoms with Crippen molar-refractivity contribution in [3.63, 3.8) is 0 Å². The number of piperidine rings is 1. The quantitative estimate of drug-likeness (QED) is 0.787. The molecule has 23 heavy (non-hydrogen) atoms. The molecule has 1 aliphatic rings. The van der Waals surface area contributed by atoms with Crippen molar-refractivity contribution in [2.75, 3.05) is 26.2 Å². The topological polar surface area (TPSA) is 61.8 Å². The number of likely N-dealkylation sites (tertiary alicyclic amines) is 1. The summed E-state index contributed by atoms with van der Waals surface area (Å²) in [4.78, 5) is 13.8. The van der Waals surface area contributed by atoms with Crippen LogP contribution in [0.2, 0.25) is 0 Å². The standard InChI is InChI=1S/C18H36N2O3/c1-14(2)11-18(6,22)13-19-12-15-7-9-20(10-8-15)16(21)23-17(3,4)5/h14-15,19,22H,7-13H2,1-6H3. The van der Waals surface area contributed by atoms with E-state index in [0.717, 1.165) is 38.9 Å². The number of hydrogen-bond acceptors (Lipinski definition) is 4. The van der Waals surface area contributed by atoms with Crippen molar-refractivity contribution in [3.8, 4) is 0 Å². The van der Waals surface area contributed by atoms with Crippen LogP contribution in [0.25, 0.3) is 0 Å². The number of rotatable bonds is 6. The van der Waals surface area contributed by atoms with Crippen LogP contribution in [-0.2, 0) is 4.74 Å². The lowest BCUT2D eigenvalue weighted by Gasteiger charge is -2.34. The van der Waals surface area contributed by atoms with Gasteiger partial charge in [0.1, 0.15) is 5.60 Å². The molecular weight excluding hydrogens is 292 g/mol. The Labute approximate surface area is 141 Å². The van der Waals surface area contributed by atoms with Crippen molar-refractivity contribution >= 4 is 6.09 Å². The third kappa shape index (κ3) is 8.56. The van der Waals surface area contributed by atoms with Crippen LogP contribution in [0.15, 0.2) is 0 Å². The first-order valence-corrected chi connectivity index (χ1v) is 8.89. The van der Waals surface area contributed by atoms with Crippen LogP contribution >= 0.6 is 0 Å². The van der Waals surface area contributed by atoms with Crippen molar-refractivity contribution in [3.05, 3.63) is 0 Å². The normalized spacial score (nSPS) is 19.7. The fraction of sp³-hybridized carbons (Fsp3) is 0.944. The Hall–Kier alpha value is -0.810. The van der Waals surface area contributed by atoms with Gasteiger partial charge in [0.25, 0.3) is 0 Å². The summed E-state index contributed by atoms with van der Waals surface area (Å²) in [7, 11) is 0. The Bertz CT molecular complexity index is 367. The van der Waals surface area contributed by atoms with Gasteiger partial charge in [-0.15, -0.1) is 0 Å². The van der Waals surface area contributed by atoms with Crippen molar-refractivity contribution in [1.29, 1.82) is 0 Å². The molecule has 0 radical (unpaired) electrons. The minimum Gasteiger partial charge on any atom is -0.444 e. The molecule has 0 bridgehead atoms. The second kappa shape index (κ2) is 8.34. The minimum atomic E-state index is -0.647. The Morgan fingerprint density at radius 3 is 2.30 bits per heavy atom. The number of carbonyl (C=O) groups is 1. The van der Waals surface area contributed by atoms with Gasteiger partial charge in [-0.3, -0.25) is 0 Å². The van der Waals surface area contributed by atoms with E-state index < -0.39 is 11.2 Å². The van der Waals surface area contributed by atoms with E-state index in [4.69, 9.17) is 4.74 Å².